The van der Waals surface area contributed by atoms with Crippen molar-refractivity contribution in [1.82, 2.24) is 10.3 Å². The Balaban J connectivity index is 2.18. The molecule has 0 saturated heterocycles. The van der Waals surface area contributed by atoms with Crippen molar-refractivity contribution in [3.63, 3.8) is 0 Å². The summed E-state index contributed by atoms with van der Waals surface area (Å²) in [5.74, 6) is -1.38. The number of hydrogen-bond acceptors (Lipinski definition) is 3. The second-order valence-corrected chi connectivity index (χ2v) is 5.90. The summed E-state index contributed by atoms with van der Waals surface area (Å²) in [6.07, 6.45) is 4.06. The summed E-state index contributed by atoms with van der Waals surface area (Å²) < 4.78 is 0. The number of H-pyrrole nitrogens is 1. The van der Waals surface area contributed by atoms with Gasteiger partial charge in [-0.2, -0.15) is 0 Å². The Bertz CT molecular complexity index is 578. The third-order valence-electron chi connectivity index (χ3n) is 4.09. The van der Waals surface area contributed by atoms with E-state index in [1.807, 2.05) is 6.92 Å². The van der Waals surface area contributed by atoms with Crippen LogP contribution < -0.4 is 5.32 Å². The summed E-state index contributed by atoms with van der Waals surface area (Å²) in [5, 5.41) is 12.2. The molecule has 6 heteroatoms. The molecule has 0 spiro atoms. The van der Waals surface area contributed by atoms with Crippen molar-refractivity contribution in [3.8, 4) is 0 Å². The first kappa shape index (κ1) is 15.3. The van der Waals surface area contributed by atoms with Gasteiger partial charge in [-0.05, 0) is 31.7 Å². The summed E-state index contributed by atoms with van der Waals surface area (Å²) in [6.45, 7) is 3.40. The zero-order valence-corrected chi connectivity index (χ0v) is 12.2. The number of carboxylic acid groups (broad SMARTS) is 1. The van der Waals surface area contributed by atoms with Gasteiger partial charge >= 0.3 is 5.97 Å². The molecule has 1 aromatic heterocycles. The van der Waals surface area contributed by atoms with Crippen molar-refractivity contribution in [3.05, 3.63) is 23.5 Å². The summed E-state index contributed by atoms with van der Waals surface area (Å²) in [7, 11) is 0. The van der Waals surface area contributed by atoms with E-state index in [1.54, 1.807) is 0 Å². The highest BCUT2D eigenvalue weighted by Gasteiger charge is 2.43. The molecule has 3 N–H and O–H groups in total. The largest absolute Gasteiger partial charge is 0.480 e. The van der Waals surface area contributed by atoms with Crippen molar-refractivity contribution in [2.45, 2.75) is 45.1 Å². The first-order valence-corrected chi connectivity index (χ1v) is 7.09. The SMILES string of the molecule is CC(=O)c1c[nH]c(C(=O)NC2(C(=O)O)CCCC(C)C2)c1. The molecule has 2 atom stereocenters. The highest BCUT2D eigenvalue weighted by molar-refractivity contribution is 6.00. The lowest BCUT2D eigenvalue weighted by Crippen LogP contribution is -2.56. The number of nitrogens with one attached hydrogen (secondary N) is 2. The highest BCUT2D eigenvalue weighted by Crippen LogP contribution is 2.32. The van der Waals surface area contributed by atoms with Crippen molar-refractivity contribution < 1.29 is 19.5 Å². The minimum Gasteiger partial charge on any atom is -0.480 e. The minimum absolute atomic E-state index is 0.149. The van der Waals surface area contributed by atoms with E-state index in [2.05, 4.69) is 10.3 Å². The predicted octanol–water partition coefficient (Wildman–Crippen LogP) is 1.98. The maximum Gasteiger partial charge on any atom is 0.329 e. The molecule has 21 heavy (non-hydrogen) atoms. The molecule has 0 radical (unpaired) electrons. The second kappa shape index (κ2) is 5.71. The van der Waals surface area contributed by atoms with Crippen LogP contribution in [0.5, 0.6) is 0 Å². The van der Waals surface area contributed by atoms with Crippen molar-refractivity contribution >= 4 is 17.7 Å². The van der Waals surface area contributed by atoms with Gasteiger partial charge in [0.05, 0.1) is 0 Å². The quantitative estimate of drug-likeness (QED) is 0.739. The zero-order valence-electron chi connectivity index (χ0n) is 12.2. The van der Waals surface area contributed by atoms with Gasteiger partial charge < -0.3 is 15.4 Å². The van der Waals surface area contributed by atoms with Gasteiger partial charge in [0.2, 0.25) is 0 Å². The second-order valence-electron chi connectivity index (χ2n) is 5.90. The number of carboxylic acids is 1. The number of amides is 1. The number of ketones is 1. The fourth-order valence-corrected chi connectivity index (χ4v) is 2.93. The van der Waals surface area contributed by atoms with Crippen molar-refractivity contribution in [2.75, 3.05) is 0 Å². The van der Waals surface area contributed by atoms with Crippen LogP contribution in [0.4, 0.5) is 0 Å². The molecule has 0 bridgehead atoms. The van der Waals surface area contributed by atoms with Crippen LogP contribution in [0.15, 0.2) is 12.3 Å². The average Bonchev–Trinajstić information content (AvgIpc) is 2.88. The fraction of sp³-hybridized carbons (Fsp3) is 0.533. The fourth-order valence-electron chi connectivity index (χ4n) is 2.93. The Morgan fingerprint density at radius 1 is 1.43 bits per heavy atom. The molecular weight excluding hydrogens is 272 g/mol. The van der Waals surface area contributed by atoms with Gasteiger partial charge in [-0.25, -0.2) is 4.79 Å². The van der Waals surface area contributed by atoms with E-state index < -0.39 is 17.4 Å². The van der Waals surface area contributed by atoms with Gasteiger partial charge in [0.1, 0.15) is 11.2 Å². The third kappa shape index (κ3) is 3.15. The Morgan fingerprint density at radius 2 is 2.14 bits per heavy atom. The number of Topliss-reactive ketones (excluding diaryl/α,β-unsaturated/α-hetero) is 1. The van der Waals surface area contributed by atoms with E-state index in [1.165, 1.54) is 19.2 Å². The van der Waals surface area contributed by atoms with Crippen molar-refractivity contribution in [1.29, 1.82) is 0 Å². The van der Waals surface area contributed by atoms with Gasteiger partial charge in [-0.15, -0.1) is 0 Å². The molecule has 1 aromatic rings. The molecule has 2 unspecified atom stereocenters. The van der Waals surface area contributed by atoms with Crippen LogP contribution in [0.3, 0.4) is 0 Å². The van der Waals surface area contributed by atoms with Crippen LogP contribution in [-0.4, -0.2) is 33.3 Å². The maximum atomic E-state index is 12.2. The molecule has 6 nitrogen and oxygen atoms in total. The topological polar surface area (TPSA) is 99.3 Å². The molecule has 0 aromatic carbocycles. The summed E-state index contributed by atoms with van der Waals surface area (Å²) in [6, 6.07) is 1.44. The lowest BCUT2D eigenvalue weighted by Gasteiger charge is -2.36. The molecule has 114 valence electrons. The summed E-state index contributed by atoms with van der Waals surface area (Å²) >= 11 is 0. The predicted molar refractivity (Wildman–Crippen MR) is 76.3 cm³/mol. The number of aromatic amines is 1. The van der Waals surface area contributed by atoms with Crippen molar-refractivity contribution in [2.24, 2.45) is 5.92 Å². The van der Waals surface area contributed by atoms with Crippen LogP contribution in [-0.2, 0) is 4.79 Å². The Labute approximate surface area is 122 Å². The van der Waals surface area contributed by atoms with Gasteiger partial charge in [0.15, 0.2) is 5.78 Å². The molecule has 1 amide bonds. The monoisotopic (exact) mass is 292 g/mol. The minimum atomic E-state index is -1.21. The number of hydrogen-bond donors (Lipinski definition) is 3. The summed E-state index contributed by atoms with van der Waals surface area (Å²) in [5.41, 5.74) is -0.600. The first-order valence-electron chi connectivity index (χ1n) is 7.09. The Morgan fingerprint density at radius 3 is 2.67 bits per heavy atom. The number of carbonyl (C=O) groups is 3. The smallest absolute Gasteiger partial charge is 0.329 e. The lowest BCUT2D eigenvalue weighted by molar-refractivity contribution is -0.146. The number of aliphatic carboxylic acids is 1. The van der Waals surface area contributed by atoms with E-state index in [0.717, 1.165) is 12.8 Å². The molecule has 1 aliphatic rings. The molecule has 1 saturated carbocycles. The van der Waals surface area contributed by atoms with E-state index in [9.17, 15) is 19.5 Å². The van der Waals surface area contributed by atoms with Gasteiger partial charge in [-0.1, -0.05) is 19.8 Å². The molecule has 1 heterocycles. The number of aromatic nitrogens is 1. The van der Waals surface area contributed by atoms with Crippen LogP contribution in [0.2, 0.25) is 0 Å². The van der Waals surface area contributed by atoms with Gasteiger partial charge in [0, 0.05) is 11.8 Å². The lowest BCUT2D eigenvalue weighted by atomic mass is 9.76. The molecule has 0 aliphatic heterocycles. The number of rotatable bonds is 4. The van der Waals surface area contributed by atoms with E-state index in [4.69, 9.17) is 0 Å². The van der Waals surface area contributed by atoms with E-state index in [0.29, 0.717) is 18.4 Å². The standard InChI is InChI=1S/C15H20N2O4/c1-9-4-3-5-15(7-9,14(20)21)17-13(19)12-6-11(8-16-12)10(2)18/h6,8-9,16H,3-5,7H2,1-2H3,(H,17,19)(H,20,21). The highest BCUT2D eigenvalue weighted by atomic mass is 16.4. The maximum absolute atomic E-state index is 12.2. The average molecular weight is 292 g/mol. The van der Waals surface area contributed by atoms with Crippen LogP contribution in [0, 0.1) is 5.92 Å². The molecular formula is C15H20N2O4. The van der Waals surface area contributed by atoms with E-state index >= 15 is 0 Å². The zero-order chi connectivity index (χ0) is 15.6. The van der Waals surface area contributed by atoms with Crippen LogP contribution >= 0.6 is 0 Å². The Hall–Kier alpha value is -2.11. The number of carbonyl (C=O) groups excluding carboxylic acids is 2. The van der Waals surface area contributed by atoms with Gasteiger partial charge in [-0.3, -0.25) is 9.59 Å². The Kier molecular flexibility index (Phi) is 4.16. The molecule has 1 aliphatic carbocycles. The van der Waals surface area contributed by atoms with E-state index in [-0.39, 0.29) is 17.4 Å². The third-order valence-corrected chi connectivity index (χ3v) is 4.09. The van der Waals surface area contributed by atoms with Crippen LogP contribution in [0.25, 0.3) is 0 Å². The van der Waals surface area contributed by atoms with Crippen LogP contribution in [0.1, 0.15) is 60.4 Å². The van der Waals surface area contributed by atoms with Gasteiger partial charge in [0.25, 0.3) is 5.91 Å². The normalized spacial score (nSPS) is 25.3. The summed E-state index contributed by atoms with van der Waals surface area (Å²) in [4.78, 5) is 37.8. The molecule has 1 fully saturated rings. The molecule has 2 rings (SSSR count). The first-order chi connectivity index (χ1) is 9.84.